The predicted molar refractivity (Wildman–Crippen MR) is 91.2 cm³/mol. The van der Waals surface area contributed by atoms with Crippen LogP contribution in [-0.2, 0) is 4.74 Å². The normalized spacial score (nSPS) is 17.0. The van der Waals surface area contributed by atoms with Crippen LogP contribution in [-0.4, -0.2) is 30.6 Å². The predicted octanol–water partition coefficient (Wildman–Crippen LogP) is 3.62. The lowest BCUT2D eigenvalue weighted by atomic mass is 10.1. The van der Waals surface area contributed by atoms with E-state index < -0.39 is 5.97 Å². The number of rotatable bonds is 5. The maximum absolute atomic E-state index is 12.3. The number of carbonyl (C=O) groups is 1. The van der Waals surface area contributed by atoms with Gasteiger partial charge in [0.15, 0.2) is 17.8 Å². The van der Waals surface area contributed by atoms with Gasteiger partial charge in [0.2, 0.25) is 5.76 Å². The van der Waals surface area contributed by atoms with E-state index in [1.54, 1.807) is 12.1 Å². The molecule has 0 unspecified atom stereocenters. The second-order valence-electron chi connectivity index (χ2n) is 6.04. The minimum absolute atomic E-state index is 0.146. The van der Waals surface area contributed by atoms with Gasteiger partial charge in [0.05, 0.1) is 12.9 Å². The standard InChI is InChI=1S/C19H18N2O4/c22-19(17-18(25-13-20-17)16-7-4-10-23-16)24-12-14-8-9-21(11-14)15-5-2-1-3-6-15/h1-7,10,13-14H,8-9,11-12H2/t14-/m0/s1. The lowest BCUT2D eigenvalue weighted by Gasteiger charge is -2.18. The Hall–Kier alpha value is -3.02. The summed E-state index contributed by atoms with van der Waals surface area (Å²) in [5.41, 5.74) is 1.35. The summed E-state index contributed by atoms with van der Waals surface area (Å²) in [6, 6.07) is 13.7. The summed E-state index contributed by atoms with van der Waals surface area (Å²) in [7, 11) is 0. The number of esters is 1. The molecular formula is C19H18N2O4. The Labute approximate surface area is 145 Å². The second kappa shape index (κ2) is 6.84. The first-order valence-electron chi connectivity index (χ1n) is 8.26. The fourth-order valence-corrected chi connectivity index (χ4v) is 3.08. The first-order valence-corrected chi connectivity index (χ1v) is 8.26. The third-order valence-corrected chi connectivity index (χ3v) is 4.36. The van der Waals surface area contributed by atoms with Gasteiger partial charge in [0, 0.05) is 24.7 Å². The molecule has 0 radical (unpaired) electrons. The molecule has 6 heteroatoms. The molecule has 0 aliphatic carbocycles. The highest BCUT2D eigenvalue weighted by Crippen LogP contribution is 2.26. The van der Waals surface area contributed by atoms with Crippen LogP contribution in [0.5, 0.6) is 0 Å². The fourth-order valence-electron chi connectivity index (χ4n) is 3.08. The number of oxazole rings is 1. The van der Waals surface area contributed by atoms with E-state index in [1.165, 1.54) is 18.3 Å². The molecular weight excluding hydrogens is 320 g/mol. The monoisotopic (exact) mass is 338 g/mol. The average Bonchev–Trinajstić information content (AvgIpc) is 3.41. The van der Waals surface area contributed by atoms with E-state index in [-0.39, 0.29) is 5.69 Å². The highest BCUT2D eigenvalue weighted by Gasteiger charge is 2.26. The van der Waals surface area contributed by atoms with Crippen molar-refractivity contribution >= 4 is 11.7 Å². The summed E-state index contributed by atoms with van der Waals surface area (Å²) in [6.07, 6.45) is 3.73. The van der Waals surface area contributed by atoms with E-state index in [0.29, 0.717) is 24.0 Å². The van der Waals surface area contributed by atoms with Crippen molar-refractivity contribution in [2.75, 3.05) is 24.6 Å². The van der Waals surface area contributed by atoms with E-state index >= 15 is 0 Å². The van der Waals surface area contributed by atoms with Crippen LogP contribution in [0, 0.1) is 5.92 Å². The number of aromatic nitrogens is 1. The Morgan fingerprint density at radius 3 is 2.88 bits per heavy atom. The zero-order valence-electron chi connectivity index (χ0n) is 13.6. The molecule has 4 rings (SSSR count). The number of carbonyl (C=O) groups excluding carboxylic acids is 1. The molecule has 1 atom stereocenters. The summed E-state index contributed by atoms with van der Waals surface area (Å²) in [5.74, 6) is 0.578. The number of anilines is 1. The van der Waals surface area contributed by atoms with Crippen molar-refractivity contribution in [3.05, 3.63) is 60.8 Å². The van der Waals surface area contributed by atoms with Crippen LogP contribution in [0.15, 0.2) is 64.0 Å². The molecule has 6 nitrogen and oxygen atoms in total. The first kappa shape index (κ1) is 15.5. The van der Waals surface area contributed by atoms with Gasteiger partial charge in [-0.3, -0.25) is 0 Å². The highest BCUT2D eigenvalue weighted by atomic mass is 16.5. The van der Waals surface area contributed by atoms with Crippen LogP contribution in [0.2, 0.25) is 0 Å². The van der Waals surface area contributed by atoms with Crippen molar-refractivity contribution in [2.45, 2.75) is 6.42 Å². The zero-order valence-corrected chi connectivity index (χ0v) is 13.6. The van der Waals surface area contributed by atoms with E-state index in [1.807, 2.05) is 18.2 Å². The Kier molecular flexibility index (Phi) is 4.24. The largest absolute Gasteiger partial charge is 0.461 e. The molecule has 0 bridgehead atoms. The van der Waals surface area contributed by atoms with Crippen molar-refractivity contribution in [2.24, 2.45) is 5.92 Å². The number of para-hydroxylation sites is 1. The van der Waals surface area contributed by atoms with Gasteiger partial charge in [-0.25, -0.2) is 9.78 Å². The number of nitrogens with zero attached hydrogens (tertiary/aromatic N) is 2. The number of benzene rings is 1. The van der Waals surface area contributed by atoms with E-state index in [0.717, 1.165) is 19.5 Å². The lowest BCUT2D eigenvalue weighted by Crippen LogP contribution is -2.22. The van der Waals surface area contributed by atoms with Gasteiger partial charge in [0.1, 0.15) is 0 Å². The van der Waals surface area contributed by atoms with Crippen LogP contribution >= 0.6 is 0 Å². The van der Waals surface area contributed by atoms with Crippen molar-refractivity contribution in [1.29, 1.82) is 0 Å². The molecule has 1 aliphatic heterocycles. The summed E-state index contributed by atoms with van der Waals surface area (Å²) in [5, 5.41) is 0. The van der Waals surface area contributed by atoms with E-state index in [9.17, 15) is 4.79 Å². The van der Waals surface area contributed by atoms with Gasteiger partial charge in [-0.1, -0.05) is 18.2 Å². The Bertz CT molecular complexity index is 826. The zero-order chi connectivity index (χ0) is 17.1. The third kappa shape index (κ3) is 3.28. The molecule has 3 aromatic rings. The molecule has 0 N–H and O–H groups in total. The van der Waals surface area contributed by atoms with Crippen molar-refractivity contribution < 1.29 is 18.4 Å². The summed E-state index contributed by atoms with van der Waals surface area (Å²) < 4.78 is 16.0. The SMILES string of the molecule is O=C(OC[C@H]1CCN(c2ccccc2)C1)c1ncoc1-c1ccco1. The molecule has 1 fully saturated rings. The quantitative estimate of drug-likeness (QED) is 0.662. The molecule has 3 heterocycles. The fraction of sp³-hybridized carbons (Fsp3) is 0.263. The van der Waals surface area contributed by atoms with Gasteiger partial charge in [-0.15, -0.1) is 0 Å². The van der Waals surface area contributed by atoms with Crippen LogP contribution in [0.1, 0.15) is 16.9 Å². The summed E-state index contributed by atoms with van der Waals surface area (Å²) >= 11 is 0. The summed E-state index contributed by atoms with van der Waals surface area (Å²) in [4.78, 5) is 18.6. The highest BCUT2D eigenvalue weighted by molar-refractivity contribution is 5.92. The van der Waals surface area contributed by atoms with Gasteiger partial charge >= 0.3 is 5.97 Å². The lowest BCUT2D eigenvalue weighted by molar-refractivity contribution is 0.0445. The Morgan fingerprint density at radius 1 is 1.20 bits per heavy atom. The van der Waals surface area contributed by atoms with Gasteiger partial charge in [0.25, 0.3) is 0 Å². The molecule has 0 amide bonds. The van der Waals surface area contributed by atoms with Crippen LogP contribution < -0.4 is 4.90 Å². The molecule has 2 aromatic heterocycles. The number of furan rings is 1. The molecule has 1 aliphatic rings. The van der Waals surface area contributed by atoms with Crippen LogP contribution in [0.4, 0.5) is 5.69 Å². The molecule has 1 saturated heterocycles. The number of hydrogen-bond donors (Lipinski definition) is 0. The molecule has 0 saturated carbocycles. The van der Waals surface area contributed by atoms with Gasteiger partial charge in [-0.05, 0) is 30.7 Å². The maximum atomic E-state index is 12.3. The number of hydrogen-bond acceptors (Lipinski definition) is 6. The smallest absolute Gasteiger partial charge is 0.361 e. The van der Waals surface area contributed by atoms with Gasteiger partial charge in [-0.2, -0.15) is 0 Å². The van der Waals surface area contributed by atoms with Crippen molar-refractivity contribution in [3.63, 3.8) is 0 Å². The van der Waals surface area contributed by atoms with Gasteiger partial charge < -0.3 is 18.5 Å². The maximum Gasteiger partial charge on any atom is 0.361 e. The average molecular weight is 338 g/mol. The third-order valence-electron chi connectivity index (χ3n) is 4.36. The van der Waals surface area contributed by atoms with Crippen LogP contribution in [0.25, 0.3) is 11.5 Å². The Morgan fingerprint density at radius 2 is 2.08 bits per heavy atom. The minimum Gasteiger partial charge on any atom is -0.461 e. The number of ether oxygens (including phenoxy) is 1. The topological polar surface area (TPSA) is 68.7 Å². The van der Waals surface area contributed by atoms with Crippen molar-refractivity contribution in [1.82, 2.24) is 4.98 Å². The molecule has 1 aromatic carbocycles. The second-order valence-corrected chi connectivity index (χ2v) is 6.04. The summed E-state index contributed by atoms with van der Waals surface area (Å²) in [6.45, 7) is 2.21. The van der Waals surface area contributed by atoms with E-state index in [2.05, 4.69) is 22.0 Å². The van der Waals surface area contributed by atoms with E-state index in [4.69, 9.17) is 13.6 Å². The minimum atomic E-state index is -0.488. The van der Waals surface area contributed by atoms with Crippen LogP contribution in [0.3, 0.4) is 0 Å². The molecule has 128 valence electrons. The first-order chi connectivity index (χ1) is 12.3. The molecule has 0 spiro atoms. The van der Waals surface area contributed by atoms with Crippen molar-refractivity contribution in [3.8, 4) is 11.5 Å². The Balaban J connectivity index is 1.35. The molecule has 25 heavy (non-hydrogen) atoms.